The molecular formula is C11H12ClNO3. The molecule has 1 aromatic carbocycles. The lowest BCUT2D eigenvalue weighted by atomic mass is 9.93. The maximum Gasteiger partial charge on any atom is 0.231 e. The van der Waals surface area contributed by atoms with Crippen molar-refractivity contribution in [1.29, 1.82) is 0 Å². The lowest BCUT2D eigenvalue weighted by Crippen LogP contribution is -2.20. The number of hydrogen-bond acceptors (Lipinski definition) is 4. The topological polar surface area (TPSA) is 64.7 Å². The summed E-state index contributed by atoms with van der Waals surface area (Å²) in [6, 6.07) is 1.58. The lowest BCUT2D eigenvalue weighted by molar-refractivity contribution is 0.172. The third-order valence-corrected chi connectivity index (χ3v) is 3.65. The Balaban J connectivity index is 2.23. The van der Waals surface area contributed by atoms with Gasteiger partial charge in [0.25, 0.3) is 0 Å². The number of phenolic OH excluding ortho intramolecular Hbond substituents is 1. The van der Waals surface area contributed by atoms with Crippen LogP contribution >= 0.6 is 11.6 Å². The van der Waals surface area contributed by atoms with E-state index in [0.717, 1.165) is 18.4 Å². The standard InChI is InChI=1S/C11H12ClNO3/c12-6-3-7-10(16-5-15-7)8(9(6)14)11(4-13)1-2-11/h3,14H,1-2,4-5,13H2. The molecule has 1 heterocycles. The van der Waals surface area contributed by atoms with Gasteiger partial charge < -0.3 is 20.3 Å². The van der Waals surface area contributed by atoms with E-state index < -0.39 is 0 Å². The Kier molecular flexibility index (Phi) is 2.00. The smallest absolute Gasteiger partial charge is 0.231 e. The molecule has 3 N–H and O–H groups in total. The highest BCUT2D eigenvalue weighted by atomic mass is 35.5. The Morgan fingerprint density at radius 2 is 2.19 bits per heavy atom. The van der Waals surface area contributed by atoms with Crippen molar-refractivity contribution in [3.8, 4) is 17.2 Å². The summed E-state index contributed by atoms with van der Waals surface area (Å²) in [5.74, 6) is 1.27. The monoisotopic (exact) mass is 241 g/mol. The summed E-state index contributed by atoms with van der Waals surface area (Å²) < 4.78 is 10.7. The summed E-state index contributed by atoms with van der Waals surface area (Å²) in [5, 5.41) is 10.3. The molecule has 3 rings (SSSR count). The first-order chi connectivity index (χ1) is 7.68. The molecule has 0 spiro atoms. The van der Waals surface area contributed by atoms with Gasteiger partial charge in [0.15, 0.2) is 11.5 Å². The second-order valence-electron chi connectivity index (χ2n) is 4.30. The molecule has 1 fully saturated rings. The molecule has 4 nitrogen and oxygen atoms in total. The van der Waals surface area contributed by atoms with Gasteiger partial charge in [0.2, 0.25) is 6.79 Å². The van der Waals surface area contributed by atoms with E-state index in [9.17, 15) is 5.11 Å². The zero-order valence-electron chi connectivity index (χ0n) is 8.62. The molecule has 0 amide bonds. The molecule has 2 aliphatic rings. The minimum atomic E-state index is -0.174. The van der Waals surface area contributed by atoms with Crippen LogP contribution in [-0.2, 0) is 5.41 Å². The second-order valence-corrected chi connectivity index (χ2v) is 4.71. The quantitative estimate of drug-likeness (QED) is 0.828. The number of nitrogens with two attached hydrogens (primary N) is 1. The molecule has 0 aromatic heterocycles. The number of aromatic hydroxyl groups is 1. The van der Waals surface area contributed by atoms with Crippen LogP contribution in [0.4, 0.5) is 0 Å². The van der Waals surface area contributed by atoms with Crippen molar-refractivity contribution in [2.45, 2.75) is 18.3 Å². The molecule has 1 aromatic rings. The van der Waals surface area contributed by atoms with E-state index >= 15 is 0 Å². The Morgan fingerprint density at radius 3 is 2.81 bits per heavy atom. The highest BCUT2D eigenvalue weighted by Crippen LogP contribution is 2.58. The van der Waals surface area contributed by atoms with E-state index in [0.29, 0.717) is 23.1 Å². The average Bonchev–Trinajstić information content (AvgIpc) is 2.93. The molecular weight excluding hydrogens is 230 g/mol. The van der Waals surface area contributed by atoms with Crippen LogP contribution < -0.4 is 15.2 Å². The third-order valence-electron chi connectivity index (χ3n) is 3.36. The number of benzene rings is 1. The minimum absolute atomic E-state index is 0.0777. The molecule has 86 valence electrons. The van der Waals surface area contributed by atoms with Gasteiger partial charge in [-0.05, 0) is 12.8 Å². The Bertz CT molecular complexity index is 457. The SMILES string of the molecule is NCC1(c2c(O)c(Cl)cc3c2OCO3)CC1. The number of halogens is 1. The molecule has 0 bridgehead atoms. The van der Waals surface area contributed by atoms with Gasteiger partial charge in [0, 0.05) is 23.6 Å². The number of phenols is 1. The van der Waals surface area contributed by atoms with Crippen LogP contribution in [-0.4, -0.2) is 18.4 Å². The van der Waals surface area contributed by atoms with E-state index in [1.807, 2.05) is 0 Å². The summed E-state index contributed by atoms with van der Waals surface area (Å²) >= 11 is 5.96. The van der Waals surface area contributed by atoms with E-state index in [2.05, 4.69) is 0 Å². The number of hydrogen-bond donors (Lipinski definition) is 2. The normalized spacial score (nSPS) is 19.9. The van der Waals surface area contributed by atoms with E-state index in [1.54, 1.807) is 6.07 Å². The Labute approximate surface area is 97.9 Å². The van der Waals surface area contributed by atoms with Gasteiger partial charge in [-0.2, -0.15) is 0 Å². The van der Waals surface area contributed by atoms with Gasteiger partial charge in [-0.25, -0.2) is 0 Å². The summed E-state index contributed by atoms with van der Waals surface area (Å²) in [5.41, 5.74) is 6.31. The fourth-order valence-corrected chi connectivity index (χ4v) is 2.39. The predicted octanol–water partition coefficient (Wildman–Crippen LogP) is 1.76. The van der Waals surface area contributed by atoms with Crippen LogP contribution in [0.5, 0.6) is 17.2 Å². The summed E-state index contributed by atoms with van der Waals surface area (Å²) in [6.45, 7) is 0.652. The van der Waals surface area contributed by atoms with Crippen molar-refractivity contribution >= 4 is 11.6 Å². The summed E-state index contributed by atoms with van der Waals surface area (Å²) in [4.78, 5) is 0. The van der Waals surface area contributed by atoms with Gasteiger partial charge in [0.05, 0.1) is 5.02 Å². The zero-order valence-corrected chi connectivity index (χ0v) is 9.38. The fraction of sp³-hybridized carbons (Fsp3) is 0.455. The highest BCUT2D eigenvalue weighted by molar-refractivity contribution is 6.32. The maximum atomic E-state index is 10.0. The van der Waals surface area contributed by atoms with E-state index in [4.69, 9.17) is 26.8 Å². The van der Waals surface area contributed by atoms with Crippen LogP contribution in [0.1, 0.15) is 18.4 Å². The Morgan fingerprint density at radius 1 is 1.44 bits per heavy atom. The number of fused-ring (bicyclic) bond motifs is 1. The molecule has 16 heavy (non-hydrogen) atoms. The molecule has 0 unspecified atom stereocenters. The first kappa shape index (κ1) is 10.1. The Hall–Kier alpha value is -1.13. The van der Waals surface area contributed by atoms with Crippen molar-refractivity contribution in [3.05, 3.63) is 16.7 Å². The molecule has 1 aliphatic carbocycles. The van der Waals surface area contributed by atoms with E-state index in [1.165, 1.54) is 0 Å². The highest BCUT2D eigenvalue weighted by Gasteiger charge is 2.48. The van der Waals surface area contributed by atoms with Crippen molar-refractivity contribution in [2.75, 3.05) is 13.3 Å². The lowest BCUT2D eigenvalue weighted by Gasteiger charge is -2.17. The molecule has 5 heteroatoms. The molecule has 1 saturated carbocycles. The van der Waals surface area contributed by atoms with Crippen molar-refractivity contribution in [2.24, 2.45) is 5.73 Å². The van der Waals surface area contributed by atoms with Crippen LogP contribution in [0.15, 0.2) is 6.07 Å². The third kappa shape index (κ3) is 1.20. The van der Waals surface area contributed by atoms with Gasteiger partial charge in [-0.1, -0.05) is 11.6 Å². The van der Waals surface area contributed by atoms with Crippen molar-refractivity contribution < 1.29 is 14.6 Å². The van der Waals surface area contributed by atoms with Gasteiger partial charge >= 0.3 is 0 Å². The zero-order chi connectivity index (χ0) is 11.3. The van der Waals surface area contributed by atoms with Crippen LogP contribution in [0.25, 0.3) is 0 Å². The first-order valence-electron chi connectivity index (χ1n) is 5.19. The van der Waals surface area contributed by atoms with Gasteiger partial charge in [-0.15, -0.1) is 0 Å². The minimum Gasteiger partial charge on any atom is -0.506 e. The van der Waals surface area contributed by atoms with Gasteiger partial charge in [0.1, 0.15) is 5.75 Å². The maximum absolute atomic E-state index is 10.0. The van der Waals surface area contributed by atoms with Gasteiger partial charge in [-0.3, -0.25) is 0 Å². The van der Waals surface area contributed by atoms with Crippen molar-refractivity contribution in [1.82, 2.24) is 0 Å². The number of ether oxygens (including phenoxy) is 2. The predicted molar refractivity (Wildman–Crippen MR) is 59.2 cm³/mol. The van der Waals surface area contributed by atoms with Crippen LogP contribution in [0.3, 0.4) is 0 Å². The van der Waals surface area contributed by atoms with E-state index in [-0.39, 0.29) is 18.0 Å². The summed E-state index contributed by atoms with van der Waals surface area (Å²) in [6.07, 6.45) is 1.90. The average molecular weight is 242 g/mol. The van der Waals surface area contributed by atoms with Crippen LogP contribution in [0, 0.1) is 0 Å². The number of rotatable bonds is 2. The van der Waals surface area contributed by atoms with Crippen molar-refractivity contribution in [3.63, 3.8) is 0 Å². The molecule has 0 radical (unpaired) electrons. The molecule has 0 saturated heterocycles. The fourth-order valence-electron chi connectivity index (χ4n) is 2.20. The largest absolute Gasteiger partial charge is 0.506 e. The molecule has 0 atom stereocenters. The van der Waals surface area contributed by atoms with Crippen LogP contribution in [0.2, 0.25) is 5.02 Å². The second kappa shape index (κ2) is 3.18. The first-order valence-corrected chi connectivity index (χ1v) is 5.57. The molecule has 1 aliphatic heterocycles. The summed E-state index contributed by atoms with van der Waals surface area (Å²) in [7, 11) is 0.